The SMILES string of the molecule is CN([SiH2][SiH2]N(C)C1CCCC1)C1CCCC1. The van der Waals surface area contributed by atoms with E-state index in [1.807, 2.05) is 0 Å². The highest BCUT2D eigenvalue weighted by Gasteiger charge is 2.22. The summed E-state index contributed by atoms with van der Waals surface area (Å²) in [7, 11) is 5.08. The zero-order chi connectivity index (χ0) is 11.4. The molecule has 94 valence electrons. The second kappa shape index (κ2) is 6.33. The van der Waals surface area contributed by atoms with Crippen molar-refractivity contribution in [3.63, 3.8) is 0 Å². The molecule has 2 aliphatic rings. The summed E-state index contributed by atoms with van der Waals surface area (Å²) in [6.45, 7) is 0. The highest BCUT2D eigenvalue weighted by Crippen LogP contribution is 2.23. The first kappa shape index (κ1) is 12.8. The Hall–Kier alpha value is 0.354. The van der Waals surface area contributed by atoms with E-state index in [0.29, 0.717) is 0 Å². The van der Waals surface area contributed by atoms with Gasteiger partial charge in [-0.3, -0.25) is 0 Å². The van der Waals surface area contributed by atoms with Crippen molar-refractivity contribution in [1.82, 2.24) is 9.13 Å². The summed E-state index contributed by atoms with van der Waals surface area (Å²) in [6, 6.07) is 1.97. The molecule has 0 heterocycles. The standard InChI is InChI=1S/C12H28N2Si2/c1-13(11-7-3-4-8-11)15-16-14(2)12-9-5-6-10-12/h11-12H,3-10,15-16H2,1-2H3. The third-order valence-corrected chi connectivity index (χ3v) is 12.2. The number of hydrogen-bond acceptors (Lipinski definition) is 2. The van der Waals surface area contributed by atoms with Gasteiger partial charge >= 0.3 is 0 Å². The predicted molar refractivity (Wildman–Crippen MR) is 77.1 cm³/mol. The monoisotopic (exact) mass is 256 g/mol. The van der Waals surface area contributed by atoms with Crippen molar-refractivity contribution in [2.75, 3.05) is 14.1 Å². The van der Waals surface area contributed by atoms with Crippen LogP contribution in [0.25, 0.3) is 0 Å². The van der Waals surface area contributed by atoms with Gasteiger partial charge in [0, 0.05) is 12.1 Å². The smallest absolute Gasteiger partial charge is 0.0968 e. The average Bonchev–Trinajstić information content (AvgIpc) is 2.95. The Bertz CT molecular complexity index is 179. The average molecular weight is 257 g/mol. The molecule has 0 aromatic heterocycles. The van der Waals surface area contributed by atoms with E-state index in [-0.39, 0.29) is 18.4 Å². The van der Waals surface area contributed by atoms with Gasteiger partial charge in [0.05, 0.1) is 18.4 Å². The van der Waals surface area contributed by atoms with Gasteiger partial charge in [-0.1, -0.05) is 25.7 Å². The topological polar surface area (TPSA) is 6.48 Å². The van der Waals surface area contributed by atoms with Crippen LogP contribution in [0.2, 0.25) is 0 Å². The van der Waals surface area contributed by atoms with Crippen molar-refractivity contribution < 1.29 is 0 Å². The zero-order valence-electron chi connectivity index (χ0n) is 11.1. The molecule has 4 heteroatoms. The van der Waals surface area contributed by atoms with Gasteiger partial charge in [-0.05, 0) is 39.8 Å². The summed E-state index contributed by atoms with van der Waals surface area (Å²) < 4.78 is 5.59. The lowest BCUT2D eigenvalue weighted by Gasteiger charge is -2.29. The first-order valence-corrected chi connectivity index (χ1v) is 12.4. The summed E-state index contributed by atoms with van der Waals surface area (Å²) in [4.78, 5) is 0. The van der Waals surface area contributed by atoms with Crippen LogP contribution < -0.4 is 0 Å². The third kappa shape index (κ3) is 3.42. The van der Waals surface area contributed by atoms with E-state index >= 15 is 0 Å². The molecule has 2 saturated carbocycles. The van der Waals surface area contributed by atoms with Crippen LogP contribution in [0.4, 0.5) is 0 Å². The Morgan fingerprint density at radius 3 is 1.31 bits per heavy atom. The van der Waals surface area contributed by atoms with E-state index in [0.717, 1.165) is 12.1 Å². The molecule has 0 N–H and O–H groups in total. The van der Waals surface area contributed by atoms with Gasteiger partial charge in [0.15, 0.2) is 0 Å². The van der Waals surface area contributed by atoms with Crippen LogP contribution in [-0.4, -0.2) is 53.7 Å². The van der Waals surface area contributed by atoms with Crippen LogP contribution in [0.3, 0.4) is 0 Å². The van der Waals surface area contributed by atoms with Gasteiger partial charge in [0.2, 0.25) is 0 Å². The Morgan fingerprint density at radius 1 is 0.688 bits per heavy atom. The molecule has 0 unspecified atom stereocenters. The molecular formula is C12H28N2Si2. The molecule has 0 saturated heterocycles. The first-order valence-electron chi connectivity index (χ1n) is 7.18. The number of hydrogen-bond donors (Lipinski definition) is 0. The normalized spacial score (nSPS) is 25.5. The minimum absolute atomic E-state index is 0.123. The second-order valence-electron chi connectivity index (χ2n) is 5.84. The molecule has 2 fully saturated rings. The maximum atomic E-state index is 2.80. The Labute approximate surface area is 105 Å². The molecule has 2 aliphatic carbocycles. The summed E-state index contributed by atoms with van der Waals surface area (Å²) in [5.41, 5.74) is 0. The zero-order valence-corrected chi connectivity index (χ0v) is 13.9. The molecule has 0 aromatic rings. The highest BCUT2D eigenvalue weighted by molar-refractivity contribution is 6.97. The van der Waals surface area contributed by atoms with Gasteiger partial charge in [0.25, 0.3) is 0 Å². The molecule has 2 rings (SSSR count). The number of nitrogens with zero attached hydrogens (tertiary/aromatic N) is 2. The van der Waals surface area contributed by atoms with Gasteiger partial charge in [-0.2, -0.15) is 0 Å². The lowest BCUT2D eigenvalue weighted by atomic mass is 10.3. The molecule has 2 nitrogen and oxygen atoms in total. The maximum absolute atomic E-state index is 2.80. The van der Waals surface area contributed by atoms with Gasteiger partial charge in [0.1, 0.15) is 0 Å². The largest absolute Gasteiger partial charge is 0.330 e. The van der Waals surface area contributed by atoms with Gasteiger partial charge < -0.3 is 9.13 Å². The Kier molecular flexibility index (Phi) is 5.07. The highest BCUT2D eigenvalue weighted by atomic mass is 29.2. The fraction of sp³-hybridized carbons (Fsp3) is 1.00. The predicted octanol–water partition coefficient (Wildman–Crippen LogP) is 0.818. The van der Waals surface area contributed by atoms with E-state index < -0.39 is 0 Å². The van der Waals surface area contributed by atoms with Gasteiger partial charge in [-0.25, -0.2) is 0 Å². The summed E-state index contributed by atoms with van der Waals surface area (Å²) in [5.74, 6) is 0. The molecule has 0 amide bonds. The van der Waals surface area contributed by atoms with Crippen molar-refractivity contribution in [3.8, 4) is 0 Å². The van der Waals surface area contributed by atoms with E-state index in [1.165, 1.54) is 51.4 Å². The minimum Gasteiger partial charge on any atom is -0.330 e. The van der Waals surface area contributed by atoms with E-state index in [4.69, 9.17) is 0 Å². The Balaban J connectivity index is 1.65. The summed E-state index contributed by atoms with van der Waals surface area (Å²) in [5, 5.41) is 0. The van der Waals surface area contributed by atoms with Crippen molar-refractivity contribution >= 4 is 18.4 Å². The van der Waals surface area contributed by atoms with Crippen molar-refractivity contribution in [1.29, 1.82) is 0 Å². The molecule has 0 atom stereocenters. The Morgan fingerprint density at radius 2 is 1.00 bits per heavy atom. The van der Waals surface area contributed by atoms with Crippen LogP contribution in [0.15, 0.2) is 0 Å². The van der Waals surface area contributed by atoms with Crippen molar-refractivity contribution in [2.24, 2.45) is 0 Å². The fourth-order valence-corrected chi connectivity index (χ4v) is 9.55. The lowest BCUT2D eigenvalue weighted by Crippen LogP contribution is -2.44. The van der Waals surface area contributed by atoms with Crippen LogP contribution in [-0.2, 0) is 0 Å². The maximum Gasteiger partial charge on any atom is 0.0968 e. The molecule has 0 radical (unpaired) electrons. The van der Waals surface area contributed by atoms with E-state index in [1.54, 1.807) is 0 Å². The molecular weight excluding hydrogens is 228 g/mol. The molecule has 0 aromatic carbocycles. The lowest BCUT2D eigenvalue weighted by molar-refractivity contribution is 0.383. The summed E-state index contributed by atoms with van der Waals surface area (Å²) >= 11 is 0. The van der Waals surface area contributed by atoms with Crippen molar-refractivity contribution in [3.05, 3.63) is 0 Å². The molecule has 16 heavy (non-hydrogen) atoms. The third-order valence-electron chi connectivity index (χ3n) is 4.70. The van der Waals surface area contributed by atoms with Gasteiger partial charge in [-0.15, -0.1) is 0 Å². The van der Waals surface area contributed by atoms with Crippen LogP contribution >= 0.6 is 0 Å². The van der Waals surface area contributed by atoms with Crippen LogP contribution in [0, 0.1) is 0 Å². The van der Waals surface area contributed by atoms with E-state index in [2.05, 4.69) is 23.2 Å². The number of rotatable bonds is 5. The van der Waals surface area contributed by atoms with Crippen LogP contribution in [0.1, 0.15) is 51.4 Å². The molecule has 0 spiro atoms. The van der Waals surface area contributed by atoms with Crippen molar-refractivity contribution in [2.45, 2.75) is 63.5 Å². The summed E-state index contributed by atoms with van der Waals surface area (Å²) in [6.07, 6.45) is 11.9. The van der Waals surface area contributed by atoms with Crippen LogP contribution in [0.5, 0.6) is 0 Å². The molecule has 0 aliphatic heterocycles. The quantitative estimate of drug-likeness (QED) is 0.672. The fourth-order valence-electron chi connectivity index (χ4n) is 3.37. The molecule has 0 bridgehead atoms. The second-order valence-corrected chi connectivity index (χ2v) is 11.4. The minimum atomic E-state index is 0.123. The van der Waals surface area contributed by atoms with E-state index in [9.17, 15) is 0 Å². The first-order chi connectivity index (χ1) is 7.77.